The van der Waals surface area contributed by atoms with Gasteiger partial charge in [0.1, 0.15) is 0 Å². The van der Waals surface area contributed by atoms with Gasteiger partial charge in [-0.1, -0.05) is 24.3 Å². The van der Waals surface area contributed by atoms with Crippen molar-refractivity contribution in [3.63, 3.8) is 0 Å². The van der Waals surface area contributed by atoms with Crippen LogP contribution in [0.3, 0.4) is 0 Å². The third-order valence-electron chi connectivity index (χ3n) is 3.92. The van der Waals surface area contributed by atoms with E-state index in [0.29, 0.717) is 29.8 Å². The minimum Gasteiger partial charge on any atom is -0.326 e. The van der Waals surface area contributed by atoms with Crippen LogP contribution in [0, 0.1) is 6.92 Å². The third kappa shape index (κ3) is 3.27. The average molecular weight is 323 g/mol. The average Bonchev–Trinajstić information content (AvgIpc) is 2.55. The van der Waals surface area contributed by atoms with Crippen molar-refractivity contribution in [1.29, 1.82) is 0 Å². The molecule has 0 radical (unpaired) electrons. The van der Waals surface area contributed by atoms with E-state index in [1.54, 1.807) is 30.3 Å². The van der Waals surface area contributed by atoms with Crippen molar-refractivity contribution in [1.82, 2.24) is 5.32 Å². The minimum atomic E-state index is -0.603. The van der Waals surface area contributed by atoms with E-state index in [1.807, 2.05) is 19.1 Å². The maximum Gasteiger partial charge on any atom is 0.326 e. The molecule has 6 nitrogen and oxygen atoms in total. The summed E-state index contributed by atoms with van der Waals surface area (Å²) >= 11 is 0. The van der Waals surface area contributed by atoms with Crippen LogP contribution >= 0.6 is 0 Å². The van der Waals surface area contributed by atoms with Crippen LogP contribution in [-0.2, 0) is 11.2 Å². The number of carbonyl (C=O) groups excluding carboxylic acids is 3. The monoisotopic (exact) mass is 323 g/mol. The second-order valence-electron chi connectivity index (χ2n) is 5.60. The Labute approximate surface area is 139 Å². The lowest BCUT2D eigenvalue weighted by molar-refractivity contribution is -0.116. The van der Waals surface area contributed by atoms with Gasteiger partial charge in [-0.15, -0.1) is 0 Å². The van der Waals surface area contributed by atoms with Gasteiger partial charge >= 0.3 is 6.03 Å². The molecular formula is C18H17N3O3. The Morgan fingerprint density at radius 1 is 1.04 bits per heavy atom. The first-order chi connectivity index (χ1) is 11.5. The quantitative estimate of drug-likeness (QED) is 0.794. The topological polar surface area (TPSA) is 87.3 Å². The van der Waals surface area contributed by atoms with Crippen LogP contribution in [0.4, 0.5) is 16.2 Å². The molecule has 0 saturated carbocycles. The Morgan fingerprint density at radius 2 is 1.83 bits per heavy atom. The van der Waals surface area contributed by atoms with E-state index in [4.69, 9.17) is 0 Å². The molecule has 0 atom stereocenters. The van der Waals surface area contributed by atoms with Crippen molar-refractivity contribution in [2.45, 2.75) is 19.8 Å². The normalized spacial score (nSPS) is 12.8. The highest BCUT2D eigenvalue weighted by molar-refractivity contribution is 6.09. The minimum absolute atomic E-state index is 0.0427. The van der Waals surface area contributed by atoms with Gasteiger partial charge < -0.3 is 10.6 Å². The maximum absolute atomic E-state index is 12.2. The first-order valence-electron chi connectivity index (χ1n) is 7.64. The second-order valence-corrected chi connectivity index (χ2v) is 5.60. The number of anilines is 2. The fourth-order valence-corrected chi connectivity index (χ4v) is 2.69. The number of hydrogen-bond donors (Lipinski definition) is 3. The summed E-state index contributed by atoms with van der Waals surface area (Å²) < 4.78 is 0. The van der Waals surface area contributed by atoms with Gasteiger partial charge in [0.15, 0.2) is 0 Å². The van der Waals surface area contributed by atoms with Crippen LogP contribution in [0.5, 0.6) is 0 Å². The lowest BCUT2D eigenvalue weighted by Gasteiger charge is -2.20. The Kier molecular flexibility index (Phi) is 4.29. The zero-order chi connectivity index (χ0) is 17.1. The summed E-state index contributed by atoms with van der Waals surface area (Å²) in [6.45, 7) is 1.81. The molecule has 1 heterocycles. The van der Waals surface area contributed by atoms with Crippen molar-refractivity contribution in [2.24, 2.45) is 0 Å². The largest absolute Gasteiger partial charge is 0.326 e. The van der Waals surface area contributed by atoms with Crippen molar-refractivity contribution >= 4 is 29.2 Å². The van der Waals surface area contributed by atoms with Crippen molar-refractivity contribution in [3.8, 4) is 0 Å². The summed E-state index contributed by atoms with van der Waals surface area (Å²) in [4.78, 5) is 35.7. The van der Waals surface area contributed by atoms with E-state index in [1.165, 1.54) is 0 Å². The highest BCUT2D eigenvalue weighted by Gasteiger charge is 2.19. The fraction of sp³-hybridized carbons (Fsp3) is 0.167. The van der Waals surface area contributed by atoms with Crippen molar-refractivity contribution in [3.05, 3.63) is 59.2 Å². The van der Waals surface area contributed by atoms with Crippen LogP contribution in [0.15, 0.2) is 42.5 Å². The number of amides is 4. The molecule has 0 spiro atoms. The van der Waals surface area contributed by atoms with Crippen LogP contribution in [-0.4, -0.2) is 17.8 Å². The zero-order valence-corrected chi connectivity index (χ0v) is 13.2. The SMILES string of the molecule is Cc1ccccc1C(=O)NC(=O)Nc1cccc2c1CCC(=O)N2. The number of carbonyl (C=O) groups is 3. The van der Waals surface area contributed by atoms with E-state index in [-0.39, 0.29) is 5.91 Å². The number of rotatable bonds is 2. The summed E-state index contributed by atoms with van der Waals surface area (Å²) in [5.74, 6) is -0.498. The Hall–Kier alpha value is -3.15. The first kappa shape index (κ1) is 15.7. The van der Waals surface area contributed by atoms with Crippen molar-refractivity contribution in [2.75, 3.05) is 10.6 Å². The van der Waals surface area contributed by atoms with Crippen LogP contribution in [0.25, 0.3) is 0 Å². The Bertz CT molecular complexity index is 830. The molecular weight excluding hydrogens is 306 g/mol. The molecule has 0 aliphatic carbocycles. The number of fused-ring (bicyclic) bond motifs is 1. The van der Waals surface area contributed by atoms with E-state index < -0.39 is 11.9 Å². The molecule has 122 valence electrons. The predicted octanol–water partition coefficient (Wildman–Crippen LogP) is 2.84. The maximum atomic E-state index is 12.2. The molecule has 0 saturated heterocycles. The van der Waals surface area contributed by atoms with Gasteiger partial charge in [0.25, 0.3) is 5.91 Å². The molecule has 3 rings (SSSR count). The number of benzene rings is 2. The predicted molar refractivity (Wildman–Crippen MR) is 91.1 cm³/mol. The molecule has 0 unspecified atom stereocenters. The van der Waals surface area contributed by atoms with Crippen LogP contribution in [0.2, 0.25) is 0 Å². The van der Waals surface area contributed by atoms with Crippen LogP contribution in [0.1, 0.15) is 27.9 Å². The molecule has 1 aliphatic heterocycles. The van der Waals surface area contributed by atoms with E-state index in [2.05, 4.69) is 16.0 Å². The first-order valence-corrected chi connectivity index (χ1v) is 7.64. The number of nitrogens with one attached hydrogen (secondary N) is 3. The molecule has 1 aliphatic rings. The zero-order valence-electron chi connectivity index (χ0n) is 13.2. The van der Waals surface area contributed by atoms with E-state index in [9.17, 15) is 14.4 Å². The van der Waals surface area contributed by atoms with E-state index >= 15 is 0 Å². The van der Waals surface area contributed by atoms with Gasteiger partial charge in [-0.05, 0) is 42.7 Å². The summed E-state index contributed by atoms with van der Waals surface area (Å²) in [6, 6.07) is 11.7. The van der Waals surface area contributed by atoms with Gasteiger partial charge in [0.05, 0.1) is 0 Å². The highest BCUT2D eigenvalue weighted by atomic mass is 16.2. The number of aryl methyl sites for hydroxylation is 1. The molecule has 2 aromatic rings. The molecule has 2 aromatic carbocycles. The Morgan fingerprint density at radius 3 is 2.62 bits per heavy atom. The molecule has 6 heteroatoms. The molecule has 3 N–H and O–H groups in total. The number of urea groups is 1. The molecule has 0 fully saturated rings. The molecule has 0 aromatic heterocycles. The van der Waals surface area contributed by atoms with Crippen molar-refractivity contribution < 1.29 is 14.4 Å². The summed E-state index contributed by atoms with van der Waals surface area (Å²) in [5, 5.41) is 7.78. The van der Waals surface area contributed by atoms with E-state index in [0.717, 1.165) is 11.1 Å². The molecule has 4 amide bonds. The fourth-order valence-electron chi connectivity index (χ4n) is 2.69. The van der Waals surface area contributed by atoms with Gasteiger partial charge in [-0.25, -0.2) is 4.79 Å². The van der Waals surface area contributed by atoms with Crippen LogP contribution < -0.4 is 16.0 Å². The smallest absolute Gasteiger partial charge is 0.326 e. The lowest BCUT2D eigenvalue weighted by Crippen LogP contribution is -2.35. The summed E-state index contributed by atoms with van der Waals surface area (Å²) in [5.41, 5.74) is 3.38. The summed E-state index contributed by atoms with van der Waals surface area (Å²) in [6.07, 6.45) is 0.915. The molecule has 0 bridgehead atoms. The van der Waals surface area contributed by atoms with Gasteiger partial charge in [0.2, 0.25) is 5.91 Å². The standard InChI is InChI=1S/C18H17N3O3/c1-11-5-2-3-6-12(11)17(23)21-18(24)20-15-8-4-7-14-13(15)9-10-16(22)19-14/h2-8H,9-10H2,1H3,(H,19,22)(H2,20,21,23,24). The van der Waals surface area contributed by atoms with Gasteiger partial charge in [-0.3, -0.25) is 14.9 Å². The van der Waals surface area contributed by atoms with Gasteiger partial charge in [-0.2, -0.15) is 0 Å². The number of imide groups is 1. The number of hydrogen-bond acceptors (Lipinski definition) is 3. The second kappa shape index (κ2) is 6.54. The highest BCUT2D eigenvalue weighted by Crippen LogP contribution is 2.29. The molecule has 24 heavy (non-hydrogen) atoms. The van der Waals surface area contributed by atoms with Gasteiger partial charge in [0, 0.05) is 23.4 Å². The summed E-state index contributed by atoms with van der Waals surface area (Å²) in [7, 11) is 0. The Balaban J connectivity index is 1.72. The third-order valence-corrected chi connectivity index (χ3v) is 3.92. The lowest BCUT2D eigenvalue weighted by atomic mass is 10.0.